The van der Waals surface area contributed by atoms with Crippen LogP contribution >= 0.6 is 24.0 Å². The molecule has 0 aromatic heterocycles. The van der Waals surface area contributed by atoms with Crippen molar-refractivity contribution in [2.45, 2.75) is 6.42 Å². The van der Waals surface area contributed by atoms with E-state index < -0.39 is 0 Å². The second kappa shape index (κ2) is 9.21. The quantitative estimate of drug-likeness (QED) is 0.333. The highest BCUT2D eigenvalue weighted by Crippen LogP contribution is 1.91. The van der Waals surface area contributed by atoms with Crippen molar-refractivity contribution in [2.75, 3.05) is 55.4 Å². The molecule has 0 atom stereocenters. The van der Waals surface area contributed by atoms with Gasteiger partial charge < -0.3 is 14.7 Å². The van der Waals surface area contributed by atoms with Crippen LogP contribution in [0.2, 0.25) is 0 Å². The van der Waals surface area contributed by atoms with Crippen LogP contribution in [0.25, 0.3) is 0 Å². The first-order valence-electron chi connectivity index (χ1n) is 4.99. The van der Waals surface area contributed by atoms with E-state index in [1.165, 1.54) is 0 Å². The van der Waals surface area contributed by atoms with E-state index in [1.807, 2.05) is 38.0 Å². The van der Waals surface area contributed by atoms with Crippen molar-refractivity contribution in [3.05, 3.63) is 0 Å². The molecule has 5 heteroatoms. The minimum absolute atomic E-state index is 0. The fourth-order valence-corrected chi connectivity index (χ4v) is 1.25. The summed E-state index contributed by atoms with van der Waals surface area (Å²) in [6, 6.07) is 0. The molecule has 0 unspecified atom stereocenters. The van der Waals surface area contributed by atoms with E-state index >= 15 is 0 Å². The van der Waals surface area contributed by atoms with Crippen molar-refractivity contribution < 1.29 is 0 Å². The summed E-state index contributed by atoms with van der Waals surface area (Å²) in [5.41, 5.74) is 0. The van der Waals surface area contributed by atoms with E-state index in [4.69, 9.17) is 0 Å². The molecule has 0 spiro atoms. The van der Waals surface area contributed by atoms with Crippen LogP contribution in [0, 0.1) is 0 Å². The van der Waals surface area contributed by atoms with E-state index in [9.17, 15) is 0 Å². The van der Waals surface area contributed by atoms with Crippen molar-refractivity contribution in [1.82, 2.24) is 14.7 Å². The summed E-state index contributed by atoms with van der Waals surface area (Å²) in [4.78, 5) is 10.8. The summed E-state index contributed by atoms with van der Waals surface area (Å²) in [5, 5.41) is 0. The molecule has 0 fully saturated rings. The van der Waals surface area contributed by atoms with Crippen LogP contribution in [0.4, 0.5) is 0 Å². The largest absolute Gasteiger partial charge is 0.349 e. The Bertz CT molecular complexity index is 168. The third-order valence-corrected chi connectivity index (χ3v) is 1.82. The van der Waals surface area contributed by atoms with E-state index in [1.54, 1.807) is 0 Å². The second-order valence-electron chi connectivity index (χ2n) is 4.13. The molecule has 4 nitrogen and oxygen atoms in total. The number of hydrogen-bond acceptors (Lipinski definition) is 2. The second-order valence-corrected chi connectivity index (χ2v) is 4.13. The molecule has 0 aliphatic heterocycles. The summed E-state index contributed by atoms with van der Waals surface area (Å²) in [6.45, 7) is 1.99. The lowest BCUT2D eigenvalue weighted by molar-refractivity contribution is 0.401. The van der Waals surface area contributed by atoms with Gasteiger partial charge in [-0.2, -0.15) is 0 Å². The normalized spacial score (nSPS) is 9.53. The minimum Gasteiger partial charge on any atom is -0.349 e. The van der Waals surface area contributed by atoms with Crippen LogP contribution in [-0.4, -0.2) is 76.0 Å². The van der Waals surface area contributed by atoms with Gasteiger partial charge in [0.15, 0.2) is 5.96 Å². The van der Waals surface area contributed by atoms with Gasteiger partial charge in [-0.15, -0.1) is 24.0 Å². The number of halogens is 1. The average molecular weight is 328 g/mol. The first kappa shape index (κ1) is 17.4. The van der Waals surface area contributed by atoms with Crippen LogP contribution in [0.15, 0.2) is 4.99 Å². The van der Waals surface area contributed by atoms with Crippen molar-refractivity contribution >= 4 is 29.9 Å². The first-order chi connectivity index (χ1) is 6.45. The maximum Gasteiger partial charge on any atom is 0.195 e. The highest BCUT2D eigenvalue weighted by atomic mass is 127. The summed E-state index contributed by atoms with van der Waals surface area (Å²) >= 11 is 0. The first-order valence-corrected chi connectivity index (χ1v) is 4.99. The molecule has 0 N–H and O–H groups in total. The molecule has 0 rings (SSSR count). The number of guanidine groups is 1. The Morgan fingerprint density at radius 3 is 1.73 bits per heavy atom. The third-order valence-electron chi connectivity index (χ3n) is 1.82. The standard InChI is InChI=1S/C10H24N4.HI/c1-12(2)9-7-8-11-10(13(3)4)14(5)6;/h7-9H2,1-6H3;1H. The molecule has 0 aromatic carbocycles. The van der Waals surface area contributed by atoms with Gasteiger partial charge in [0.25, 0.3) is 0 Å². The van der Waals surface area contributed by atoms with Gasteiger partial charge in [0.1, 0.15) is 0 Å². The lowest BCUT2D eigenvalue weighted by Crippen LogP contribution is -2.35. The number of nitrogens with zero attached hydrogens (tertiary/aromatic N) is 4. The van der Waals surface area contributed by atoms with Gasteiger partial charge in [-0.3, -0.25) is 4.99 Å². The average Bonchev–Trinajstić information content (AvgIpc) is 2.01. The molecule has 0 amide bonds. The Morgan fingerprint density at radius 2 is 1.40 bits per heavy atom. The Balaban J connectivity index is 0. The van der Waals surface area contributed by atoms with Gasteiger partial charge in [0, 0.05) is 34.7 Å². The van der Waals surface area contributed by atoms with E-state index in [-0.39, 0.29) is 24.0 Å². The van der Waals surface area contributed by atoms with Crippen LogP contribution in [0.3, 0.4) is 0 Å². The van der Waals surface area contributed by atoms with Crippen molar-refractivity contribution in [2.24, 2.45) is 4.99 Å². The highest BCUT2D eigenvalue weighted by molar-refractivity contribution is 14.0. The zero-order valence-corrected chi connectivity index (χ0v) is 13.1. The fourth-order valence-electron chi connectivity index (χ4n) is 1.25. The Labute approximate surface area is 111 Å². The maximum absolute atomic E-state index is 4.54. The molecule has 15 heavy (non-hydrogen) atoms. The highest BCUT2D eigenvalue weighted by Gasteiger charge is 2.02. The van der Waals surface area contributed by atoms with E-state index in [0.29, 0.717) is 0 Å². The summed E-state index contributed by atoms with van der Waals surface area (Å²) in [5.74, 6) is 1.03. The van der Waals surface area contributed by atoms with Gasteiger partial charge in [-0.25, -0.2) is 0 Å². The lowest BCUT2D eigenvalue weighted by Gasteiger charge is -2.22. The predicted molar refractivity (Wildman–Crippen MR) is 78.3 cm³/mol. The smallest absolute Gasteiger partial charge is 0.195 e. The topological polar surface area (TPSA) is 22.1 Å². The summed E-state index contributed by atoms with van der Waals surface area (Å²) in [6.07, 6.45) is 1.11. The predicted octanol–water partition coefficient (Wildman–Crippen LogP) is 1.04. The SMILES string of the molecule is CN(C)CCCN=C(N(C)C)N(C)C.I. The maximum atomic E-state index is 4.54. The molecular weight excluding hydrogens is 303 g/mol. The zero-order valence-electron chi connectivity index (χ0n) is 10.8. The third kappa shape index (κ3) is 8.92. The Hall–Kier alpha value is -0.0400. The molecule has 92 valence electrons. The number of aliphatic imine (C=N–C) groups is 1. The molecule has 0 aliphatic rings. The Morgan fingerprint density at radius 1 is 0.933 bits per heavy atom. The molecule has 0 aliphatic carbocycles. The lowest BCUT2D eigenvalue weighted by atomic mass is 10.4. The van der Waals surface area contributed by atoms with Gasteiger partial charge in [-0.05, 0) is 27.1 Å². The summed E-state index contributed by atoms with van der Waals surface area (Å²) < 4.78 is 0. The van der Waals surface area contributed by atoms with Crippen molar-refractivity contribution in [3.63, 3.8) is 0 Å². The van der Waals surface area contributed by atoms with Crippen LogP contribution < -0.4 is 0 Å². The minimum atomic E-state index is 0. The van der Waals surface area contributed by atoms with Crippen LogP contribution in [0.1, 0.15) is 6.42 Å². The molecule has 0 radical (unpaired) electrons. The number of rotatable bonds is 4. The molecule has 0 aromatic rings. The van der Waals surface area contributed by atoms with Gasteiger partial charge in [0.05, 0.1) is 0 Å². The monoisotopic (exact) mass is 328 g/mol. The van der Waals surface area contributed by atoms with E-state index in [0.717, 1.165) is 25.5 Å². The molecule has 0 bridgehead atoms. The van der Waals surface area contributed by atoms with Gasteiger partial charge in [0.2, 0.25) is 0 Å². The van der Waals surface area contributed by atoms with Crippen molar-refractivity contribution in [3.8, 4) is 0 Å². The number of hydrogen-bond donors (Lipinski definition) is 0. The molecule has 0 saturated heterocycles. The molecular formula is C10H25IN4. The van der Waals surface area contributed by atoms with Gasteiger partial charge >= 0.3 is 0 Å². The fraction of sp³-hybridized carbons (Fsp3) is 0.900. The summed E-state index contributed by atoms with van der Waals surface area (Å²) in [7, 11) is 12.2. The van der Waals surface area contributed by atoms with Crippen LogP contribution in [-0.2, 0) is 0 Å². The Kier molecular flexibility index (Phi) is 10.7. The molecule has 0 saturated carbocycles. The van der Waals surface area contributed by atoms with E-state index in [2.05, 4.69) is 24.0 Å². The van der Waals surface area contributed by atoms with Crippen molar-refractivity contribution in [1.29, 1.82) is 0 Å². The van der Waals surface area contributed by atoms with Crippen LogP contribution in [0.5, 0.6) is 0 Å². The van der Waals surface area contributed by atoms with Gasteiger partial charge in [-0.1, -0.05) is 0 Å². The molecule has 0 heterocycles. The zero-order chi connectivity index (χ0) is 11.1.